The Morgan fingerprint density at radius 1 is 1.30 bits per heavy atom. The number of aromatic nitrogens is 1. The van der Waals surface area contributed by atoms with Crippen LogP contribution in [0.15, 0.2) is 30.3 Å². The molecule has 20 heavy (non-hydrogen) atoms. The predicted molar refractivity (Wildman–Crippen MR) is 81.1 cm³/mol. The van der Waals surface area contributed by atoms with E-state index in [1.165, 1.54) is 10.9 Å². The molecule has 0 fully saturated rings. The average molecular weight is 274 g/mol. The Balaban J connectivity index is 2.31. The minimum absolute atomic E-state index is 0.0133. The molecule has 2 aromatic rings. The third-order valence-electron chi connectivity index (χ3n) is 3.07. The number of pyridine rings is 1. The van der Waals surface area contributed by atoms with Gasteiger partial charge in [-0.05, 0) is 25.1 Å². The van der Waals surface area contributed by atoms with Crippen molar-refractivity contribution in [3.05, 3.63) is 35.9 Å². The van der Waals surface area contributed by atoms with Crippen molar-refractivity contribution in [2.75, 3.05) is 20.3 Å². The lowest BCUT2D eigenvalue weighted by atomic mass is 10.1. The zero-order valence-corrected chi connectivity index (χ0v) is 12.3. The smallest absolute Gasteiger partial charge is 0.214 e. The van der Waals surface area contributed by atoms with Crippen LogP contribution in [0.25, 0.3) is 10.9 Å². The summed E-state index contributed by atoms with van der Waals surface area (Å²) in [6.07, 6.45) is -0.0133. The molecular formula is C16H22N2O2. The van der Waals surface area contributed by atoms with Crippen molar-refractivity contribution in [1.82, 2.24) is 10.3 Å². The van der Waals surface area contributed by atoms with Crippen LogP contribution in [-0.4, -0.2) is 31.3 Å². The Morgan fingerprint density at radius 2 is 2.10 bits per heavy atom. The lowest BCUT2D eigenvalue weighted by Gasteiger charge is -2.15. The number of para-hydroxylation sites is 1. The van der Waals surface area contributed by atoms with Gasteiger partial charge in [0.2, 0.25) is 5.88 Å². The van der Waals surface area contributed by atoms with Gasteiger partial charge in [-0.2, -0.15) is 0 Å². The summed E-state index contributed by atoms with van der Waals surface area (Å²) in [4.78, 5) is 4.56. The SMILES string of the molecule is CCNCc1cc(OC(C)COC)nc2ccccc12. The molecule has 0 saturated heterocycles. The normalized spacial score (nSPS) is 12.6. The van der Waals surface area contributed by atoms with Crippen molar-refractivity contribution >= 4 is 10.9 Å². The Hall–Kier alpha value is -1.65. The number of nitrogens with one attached hydrogen (secondary N) is 1. The van der Waals surface area contributed by atoms with Crippen molar-refractivity contribution in [2.45, 2.75) is 26.5 Å². The first kappa shape index (κ1) is 14.8. The predicted octanol–water partition coefficient (Wildman–Crippen LogP) is 2.76. The minimum Gasteiger partial charge on any atom is -0.472 e. The Morgan fingerprint density at radius 3 is 2.85 bits per heavy atom. The second kappa shape index (κ2) is 7.22. The van der Waals surface area contributed by atoms with Gasteiger partial charge in [0.25, 0.3) is 0 Å². The molecule has 0 aliphatic heterocycles. The molecule has 1 N–H and O–H groups in total. The monoisotopic (exact) mass is 274 g/mol. The highest BCUT2D eigenvalue weighted by Gasteiger charge is 2.09. The molecule has 108 valence electrons. The van der Waals surface area contributed by atoms with Gasteiger partial charge in [0, 0.05) is 25.1 Å². The van der Waals surface area contributed by atoms with Crippen molar-refractivity contribution < 1.29 is 9.47 Å². The highest BCUT2D eigenvalue weighted by molar-refractivity contribution is 5.82. The molecule has 0 aliphatic carbocycles. The Bertz CT molecular complexity index is 557. The number of hydrogen-bond donors (Lipinski definition) is 1. The van der Waals surface area contributed by atoms with Gasteiger partial charge in [0.1, 0.15) is 6.10 Å². The van der Waals surface area contributed by atoms with Gasteiger partial charge in [-0.15, -0.1) is 0 Å². The summed E-state index contributed by atoms with van der Waals surface area (Å²) < 4.78 is 10.9. The van der Waals surface area contributed by atoms with Crippen LogP contribution in [0.1, 0.15) is 19.4 Å². The van der Waals surface area contributed by atoms with E-state index >= 15 is 0 Å². The first-order valence-electron chi connectivity index (χ1n) is 6.99. The number of ether oxygens (including phenoxy) is 2. The number of nitrogens with zero attached hydrogens (tertiary/aromatic N) is 1. The maximum absolute atomic E-state index is 5.82. The van der Waals surface area contributed by atoms with E-state index in [9.17, 15) is 0 Å². The molecular weight excluding hydrogens is 252 g/mol. The third kappa shape index (κ3) is 3.68. The minimum atomic E-state index is -0.0133. The lowest BCUT2D eigenvalue weighted by Crippen LogP contribution is -2.19. The Kier molecular flexibility index (Phi) is 5.32. The molecule has 4 nitrogen and oxygen atoms in total. The molecule has 4 heteroatoms. The number of methoxy groups -OCH3 is 1. The highest BCUT2D eigenvalue weighted by Crippen LogP contribution is 2.22. The second-order valence-electron chi connectivity index (χ2n) is 4.80. The molecule has 1 aromatic heterocycles. The number of hydrogen-bond acceptors (Lipinski definition) is 4. The zero-order valence-electron chi connectivity index (χ0n) is 12.3. The molecule has 0 saturated carbocycles. The maximum Gasteiger partial charge on any atom is 0.214 e. The fourth-order valence-corrected chi connectivity index (χ4v) is 2.16. The van der Waals surface area contributed by atoms with Crippen LogP contribution in [0.4, 0.5) is 0 Å². The van der Waals surface area contributed by atoms with E-state index in [4.69, 9.17) is 9.47 Å². The van der Waals surface area contributed by atoms with E-state index in [1.54, 1.807) is 7.11 Å². The van der Waals surface area contributed by atoms with Gasteiger partial charge in [0.05, 0.1) is 12.1 Å². The van der Waals surface area contributed by atoms with Crippen molar-refractivity contribution in [2.24, 2.45) is 0 Å². The summed E-state index contributed by atoms with van der Waals surface area (Å²) in [7, 11) is 1.67. The summed E-state index contributed by atoms with van der Waals surface area (Å²) in [5.41, 5.74) is 2.17. The third-order valence-corrected chi connectivity index (χ3v) is 3.07. The van der Waals surface area contributed by atoms with E-state index in [2.05, 4.69) is 23.3 Å². The highest BCUT2D eigenvalue weighted by atomic mass is 16.5. The molecule has 0 aliphatic rings. The number of benzene rings is 1. The molecule has 2 rings (SSSR count). The van der Waals surface area contributed by atoms with E-state index in [0.717, 1.165) is 18.6 Å². The van der Waals surface area contributed by atoms with Gasteiger partial charge in [0.15, 0.2) is 0 Å². The van der Waals surface area contributed by atoms with Crippen molar-refractivity contribution in [3.8, 4) is 5.88 Å². The number of fused-ring (bicyclic) bond motifs is 1. The first-order valence-corrected chi connectivity index (χ1v) is 6.99. The Labute approximate surface area is 120 Å². The lowest BCUT2D eigenvalue weighted by molar-refractivity contribution is 0.0891. The van der Waals surface area contributed by atoms with Crippen molar-refractivity contribution in [1.29, 1.82) is 0 Å². The quantitative estimate of drug-likeness (QED) is 0.843. The van der Waals surface area contributed by atoms with Crippen LogP contribution in [0.2, 0.25) is 0 Å². The van der Waals surface area contributed by atoms with E-state index in [-0.39, 0.29) is 6.10 Å². The van der Waals surface area contributed by atoms with E-state index < -0.39 is 0 Å². The fourth-order valence-electron chi connectivity index (χ4n) is 2.16. The fraction of sp³-hybridized carbons (Fsp3) is 0.438. The summed E-state index contributed by atoms with van der Waals surface area (Å²) in [6, 6.07) is 10.1. The largest absolute Gasteiger partial charge is 0.472 e. The molecule has 1 aromatic carbocycles. The van der Waals surface area contributed by atoms with Gasteiger partial charge < -0.3 is 14.8 Å². The van der Waals surface area contributed by atoms with Crippen LogP contribution < -0.4 is 10.1 Å². The average Bonchev–Trinajstić information content (AvgIpc) is 2.45. The van der Waals surface area contributed by atoms with Crippen LogP contribution in [0.5, 0.6) is 5.88 Å². The van der Waals surface area contributed by atoms with Crippen LogP contribution in [0, 0.1) is 0 Å². The summed E-state index contributed by atoms with van der Waals surface area (Å²) >= 11 is 0. The molecule has 0 spiro atoms. The van der Waals surface area contributed by atoms with Gasteiger partial charge in [-0.3, -0.25) is 0 Å². The van der Waals surface area contributed by atoms with E-state index in [0.29, 0.717) is 12.5 Å². The topological polar surface area (TPSA) is 43.4 Å². The van der Waals surface area contributed by atoms with E-state index in [1.807, 2.05) is 31.2 Å². The summed E-state index contributed by atoms with van der Waals surface area (Å²) in [5.74, 6) is 0.654. The van der Waals surface area contributed by atoms with Crippen LogP contribution in [-0.2, 0) is 11.3 Å². The summed E-state index contributed by atoms with van der Waals surface area (Å²) in [5, 5.41) is 4.52. The molecule has 1 heterocycles. The first-order chi connectivity index (χ1) is 9.74. The number of rotatable bonds is 7. The van der Waals surface area contributed by atoms with Gasteiger partial charge in [-0.25, -0.2) is 4.98 Å². The summed E-state index contributed by atoms with van der Waals surface area (Å²) in [6.45, 7) is 6.38. The van der Waals surface area contributed by atoms with Crippen molar-refractivity contribution in [3.63, 3.8) is 0 Å². The molecule has 0 bridgehead atoms. The van der Waals surface area contributed by atoms with Gasteiger partial charge >= 0.3 is 0 Å². The molecule has 1 atom stereocenters. The molecule has 0 amide bonds. The van der Waals surface area contributed by atoms with Gasteiger partial charge in [-0.1, -0.05) is 25.1 Å². The maximum atomic E-state index is 5.82. The standard InChI is InChI=1S/C16H22N2O2/c1-4-17-10-13-9-16(20-12(2)11-19-3)18-15-8-6-5-7-14(13)15/h5-9,12,17H,4,10-11H2,1-3H3. The second-order valence-corrected chi connectivity index (χ2v) is 4.80. The van der Waals surface area contributed by atoms with Crippen LogP contribution in [0.3, 0.4) is 0 Å². The molecule has 0 radical (unpaired) electrons. The zero-order chi connectivity index (χ0) is 14.4. The van der Waals surface area contributed by atoms with Crippen LogP contribution >= 0.6 is 0 Å². The molecule has 1 unspecified atom stereocenters.